The molecule has 3 aromatic rings. The zero-order valence-corrected chi connectivity index (χ0v) is 18.0. The highest BCUT2D eigenvalue weighted by Crippen LogP contribution is 2.35. The summed E-state index contributed by atoms with van der Waals surface area (Å²) < 4.78 is 43.5. The first-order valence-corrected chi connectivity index (χ1v) is 10.6. The largest absolute Gasteiger partial charge is 0.493 e. The van der Waals surface area contributed by atoms with Gasteiger partial charge in [-0.15, -0.1) is 0 Å². The number of halogens is 2. The fraction of sp³-hybridized carbons (Fsp3) is 0.478. The van der Waals surface area contributed by atoms with Gasteiger partial charge in [0, 0.05) is 23.7 Å². The lowest BCUT2D eigenvalue weighted by Crippen LogP contribution is -2.32. The second-order valence-electron chi connectivity index (χ2n) is 7.85. The van der Waals surface area contributed by atoms with Crippen LogP contribution in [0.4, 0.5) is 8.78 Å². The minimum absolute atomic E-state index is 0.0390. The molecular formula is C23H27F2N3O3. The van der Waals surface area contributed by atoms with Gasteiger partial charge in [-0.3, -0.25) is 4.90 Å². The maximum Gasteiger partial charge on any atom is 0.264 e. The highest BCUT2D eigenvalue weighted by Gasteiger charge is 2.26. The summed E-state index contributed by atoms with van der Waals surface area (Å²) in [6.45, 7) is 6.70. The summed E-state index contributed by atoms with van der Waals surface area (Å²) >= 11 is 0. The van der Waals surface area contributed by atoms with Gasteiger partial charge in [-0.05, 0) is 63.5 Å². The van der Waals surface area contributed by atoms with Gasteiger partial charge in [0.2, 0.25) is 0 Å². The van der Waals surface area contributed by atoms with Gasteiger partial charge in [-0.2, -0.15) is 0 Å². The standard InChI is InChI=1S/C23H27F2N3O3/c1-4-30-20-11-15(5-6-19(20)29-3)13-28-9-7-16(8-10-28)18-12-17(22(24)25)21-14(2)27-31-23(21)26-18/h5-6,11-12,16,22H,4,7-10,13H2,1-3H3. The number of likely N-dealkylation sites (tertiary alicyclic amines) is 1. The molecule has 1 aliphatic heterocycles. The van der Waals surface area contributed by atoms with Crippen molar-refractivity contribution in [2.75, 3.05) is 26.8 Å². The van der Waals surface area contributed by atoms with E-state index in [0.717, 1.165) is 49.5 Å². The second-order valence-corrected chi connectivity index (χ2v) is 7.85. The van der Waals surface area contributed by atoms with Gasteiger partial charge in [0.15, 0.2) is 11.5 Å². The molecule has 1 saturated heterocycles. The van der Waals surface area contributed by atoms with Crippen molar-refractivity contribution < 1.29 is 22.8 Å². The first kappa shape index (κ1) is 21.5. The number of hydrogen-bond donors (Lipinski definition) is 0. The maximum atomic E-state index is 13.6. The van der Waals surface area contributed by atoms with Gasteiger partial charge in [0.25, 0.3) is 12.1 Å². The van der Waals surface area contributed by atoms with E-state index in [4.69, 9.17) is 14.0 Å². The van der Waals surface area contributed by atoms with Crippen LogP contribution in [0.15, 0.2) is 28.8 Å². The predicted molar refractivity (Wildman–Crippen MR) is 113 cm³/mol. The first-order chi connectivity index (χ1) is 15.0. The van der Waals surface area contributed by atoms with Crippen molar-refractivity contribution >= 4 is 11.1 Å². The number of ether oxygens (including phenoxy) is 2. The van der Waals surface area contributed by atoms with Crippen LogP contribution in [0.5, 0.6) is 11.5 Å². The highest BCUT2D eigenvalue weighted by molar-refractivity contribution is 5.80. The molecule has 31 heavy (non-hydrogen) atoms. The molecule has 6 nitrogen and oxygen atoms in total. The van der Waals surface area contributed by atoms with E-state index in [0.29, 0.717) is 23.4 Å². The van der Waals surface area contributed by atoms with Crippen molar-refractivity contribution in [1.82, 2.24) is 15.0 Å². The summed E-state index contributed by atoms with van der Waals surface area (Å²) in [5.41, 5.74) is 2.43. The monoisotopic (exact) mass is 431 g/mol. The quantitative estimate of drug-likeness (QED) is 0.509. The van der Waals surface area contributed by atoms with Gasteiger partial charge in [0.1, 0.15) is 0 Å². The number of alkyl halides is 2. The molecule has 4 rings (SSSR count). The molecule has 2 aromatic heterocycles. The van der Waals surface area contributed by atoms with E-state index in [9.17, 15) is 8.78 Å². The van der Waals surface area contributed by atoms with E-state index >= 15 is 0 Å². The van der Waals surface area contributed by atoms with Gasteiger partial charge in [-0.25, -0.2) is 13.8 Å². The Morgan fingerprint density at radius 1 is 1.19 bits per heavy atom. The van der Waals surface area contributed by atoms with Crippen LogP contribution in [0.2, 0.25) is 0 Å². The number of aromatic nitrogens is 2. The average Bonchev–Trinajstić information content (AvgIpc) is 3.15. The van der Waals surface area contributed by atoms with E-state index < -0.39 is 6.43 Å². The fourth-order valence-corrected chi connectivity index (χ4v) is 4.26. The zero-order chi connectivity index (χ0) is 22.0. The van der Waals surface area contributed by atoms with Crippen molar-refractivity contribution in [2.24, 2.45) is 0 Å². The van der Waals surface area contributed by atoms with Crippen LogP contribution < -0.4 is 9.47 Å². The SMILES string of the molecule is CCOc1cc(CN2CCC(c3cc(C(F)F)c4c(C)noc4n3)CC2)ccc1OC. The van der Waals surface area contributed by atoms with E-state index in [1.54, 1.807) is 14.0 Å². The number of methoxy groups -OCH3 is 1. The van der Waals surface area contributed by atoms with Gasteiger partial charge in [0.05, 0.1) is 24.8 Å². The van der Waals surface area contributed by atoms with Gasteiger partial charge in [-0.1, -0.05) is 11.2 Å². The van der Waals surface area contributed by atoms with Crippen LogP contribution in [0.1, 0.15) is 54.6 Å². The molecule has 0 bridgehead atoms. The fourth-order valence-electron chi connectivity index (χ4n) is 4.26. The highest BCUT2D eigenvalue weighted by atomic mass is 19.3. The predicted octanol–water partition coefficient (Wildman–Crippen LogP) is 5.26. The Hall–Kier alpha value is -2.74. The number of benzene rings is 1. The lowest BCUT2D eigenvalue weighted by molar-refractivity contribution is 0.152. The van der Waals surface area contributed by atoms with Crippen molar-refractivity contribution in [2.45, 2.75) is 45.6 Å². The maximum absolute atomic E-state index is 13.6. The van der Waals surface area contributed by atoms with Crippen LogP contribution in [-0.4, -0.2) is 41.8 Å². The molecule has 0 atom stereocenters. The molecule has 166 valence electrons. The Morgan fingerprint density at radius 2 is 1.97 bits per heavy atom. The van der Waals surface area contributed by atoms with Crippen LogP contribution >= 0.6 is 0 Å². The molecule has 0 spiro atoms. The number of piperidine rings is 1. The Labute approximate surface area is 180 Å². The molecule has 3 heterocycles. The lowest BCUT2D eigenvalue weighted by Gasteiger charge is -2.32. The number of pyridine rings is 1. The van der Waals surface area contributed by atoms with Crippen molar-refractivity contribution in [3.63, 3.8) is 0 Å². The summed E-state index contributed by atoms with van der Waals surface area (Å²) in [6.07, 6.45) is -0.886. The third-order valence-electron chi connectivity index (χ3n) is 5.84. The normalized spacial score (nSPS) is 15.7. The number of nitrogens with zero attached hydrogens (tertiary/aromatic N) is 3. The second kappa shape index (κ2) is 9.18. The van der Waals surface area contributed by atoms with Crippen LogP contribution in [0, 0.1) is 6.92 Å². The van der Waals surface area contributed by atoms with Crippen molar-refractivity contribution in [1.29, 1.82) is 0 Å². The molecule has 8 heteroatoms. The Morgan fingerprint density at radius 3 is 2.65 bits per heavy atom. The molecule has 0 unspecified atom stereocenters. The first-order valence-electron chi connectivity index (χ1n) is 10.6. The molecule has 1 aliphatic rings. The molecule has 0 saturated carbocycles. The number of hydrogen-bond acceptors (Lipinski definition) is 6. The van der Waals surface area contributed by atoms with E-state index in [1.807, 2.05) is 25.1 Å². The Balaban J connectivity index is 1.45. The topological polar surface area (TPSA) is 60.6 Å². The van der Waals surface area contributed by atoms with Crippen molar-refractivity contribution in [3.8, 4) is 11.5 Å². The molecular weight excluding hydrogens is 404 g/mol. The van der Waals surface area contributed by atoms with Crippen molar-refractivity contribution in [3.05, 3.63) is 46.8 Å². The minimum atomic E-state index is -2.59. The Kier molecular flexibility index (Phi) is 6.36. The summed E-state index contributed by atoms with van der Waals surface area (Å²) in [5.74, 6) is 1.60. The van der Waals surface area contributed by atoms with E-state index in [2.05, 4.69) is 15.0 Å². The lowest BCUT2D eigenvalue weighted by atomic mass is 9.91. The summed E-state index contributed by atoms with van der Waals surface area (Å²) in [4.78, 5) is 6.87. The van der Waals surface area contributed by atoms with Gasteiger partial charge < -0.3 is 14.0 Å². The summed E-state index contributed by atoms with van der Waals surface area (Å²) in [5, 5.41) is 4.15. The zero-order valence-electron chi connectivity index (χ0n) is 18.0. The summed E-state index contributed by atoms with van der Waals surface area (Å²) in [7, 11) is 1.63. The van der Waals surface area contributed by atoms with Crippen LogP contribution in [-0.2, 0) is 6.54 Å². The molecule has 0 N–H and O–H groups in total. The average molecular weight is 431 g/mol. The molecule has 0 aliphatic carbocycles. The van der Waals surface area contributed by atoms with E-state index in [-0.39, 0.29) is 17.2 Å². The molecule has 0 radical (unpaired) electrons. The number of aryl methyl sites for hydroxylation is 1. The third kappa shape index (κ3) is 4.49. The third-order valence-corrected chi connectivity index (χ3v) is 5.84. The smallest absolute Gasteiger partial charge is 0.264 e. The van der Waals surface area contributed by atoms with E-state index in [1.165, 1.54) is 6.07 Å². The van der Waals surface area contributed by atoms with Crippen LogP contribution in [0.3, 0.4) is 0 Å². The molecule has 1 aromatic carbocycles. The number of rotatable bonds is 7. The summed E-state index contributed by atoms with van der Waals surface area (Å²) in [6, 6.07) is 7.53. The van der Waals surface area contributed by atoms with Crippen LogP contribution in [0.25, 0.3) is 11.1 Å². The Bertz CT molecular complexity index is 1050. The molecule has 1 fully saturated rings. The molecule has 0 amide bonds. The number of fused-ring (bicyclic) bond motifs is 1. The minimum Gasteiger partial charge on any atom is -0.493 e. The van der Waals surface area contributed by atoms with Gasteiger partial charge >= 0.3 is 0 Å².